The van der Waals surface area contributed by atoms with Crippen LogP contribution in [0.25, 0.3) is 0 Å². The highest BCUT2D eigenvalue weighted by Crippen LogP contribution is 2.23. The van der Waals surface area contributed by atoms with Gasteiger partial charge >= 0.3 is 5.97 Å². The van der Waals surface area contributed by atoms with Crippen LogP contribution in [0.3, 0.4) is 0 Å². The largest absolute Gasteiger partial charge is 0.478 e. The molecule has 0 atom stereocenters. The molecule has 1 aliphatic heterocycles. The van der Waals surface area contributed by atoms with Crippen molar-refractivity contribution in [1.82, 2.24) is 10.4 Å². The second kappa shape index (κ2) is 4.86. The number of hydrogen-bond donors (Lipinski definition) is 1. The SMILES string of the molecule is CCC1=C(C(=O)O)CN(c2cnno2)C(OC)=N1. The van der Waals surface area contributed by atoms with E-state index in [0.29, 0.717) is 12.1 Å². The summed E-state index contributed by atoms with van der Waals surface area (Å²) in [6, 6.07) is 0.260. The number of aliphatic carboxylic acids is 1. The van der Waals surface area contributed by atoms with E-state index in [2.05, 4.69) is 15.4 Å². The number of carbonyl (C=O) groups is 1. The lowest BCUT2D eigenvalue weighted by Gasteiger charge is -2.25. The molecule has 2 rings (SSSR count). The minimum atomic E-state index is -1.01. The number of ether oxygens (including phenoxy) is 1. The first-order valence-electron chi connectivity index (χ1n) is 5.30. The van der Waals surface area contributed by atoms with Crippen molar-refractivity contribution in [3.05, 3.63) is 17.5 Å². The first kappa shape index (κ1) is 12.1. The summed E-state index contributed by atoms with van der Waals surface area (Å²) in [4.78, 5) is 16.8. The standard InChI is InChI=1S/C10H12N4O4/c1-3-7-6(9(15)16)5-14(10(12-7)17-2)8-4-11-13-18-8/h4H,3,5H2,1-2H3,(H,15,16). The van der Waals surface area contributed by atoms with Gasteiger partial charge in [0.05, 0.1) is 24.9 Å². The minimum absolute atomic E-state index is 0.0993. The van der Waals surface area contributed by atoms with E-state index in [4.69, 9.17) is 14.4 Å². The molecule has 2 heterocycles. The Balaban J connectivity index is 2.41. The Labute approximate surface area is 103 Å². The third-order valence-electron chi connectivity index (χ3n) is 2.52. The molecule has 8 heteroatoms. The van der Waals surface area contributed by atoms with Gasteiger partial charge in [0.2, 0.25) is 0 Å². The molecule has 8 nitrogen and oxygen atoms in total. The molecular weight excluding hydrogens is 240 g/mol. The molecule has 0 fully saturated rings. The number of amidine groups is 1. The van der Waals surface area contributed by atoms with Crippen molar-refractivity contribution >= 4 is 17.9 Å². The first-order chi connectivity index (χ1) is 8.67. The van der Waals surface area contributed by atoms with Gasteiger partial charge in [-0.2, -0.15) is 0 Å². The van der Waals surface area contributed by atoms with E-state index in [1.165, 1.54) is 18.2 Å². The maximum absolute atomic E-state index is 11.2. The fourth-order valence-corrected chi connectivity index (χ4v) is 1.65. The zero-order valence-corrected chi connectivity index (χ0v) is 9.95. The lowest BCUT2D eigenvalue weighted by Crippen LogP contribution is -2.38. The molecule has 0 spiro atoms. The predicted octanol–water partition coefficient (Wildman–Crippen LogP) is 0.641. The number of carboxylic acid groups (broad SMARTS) is 1. The van der Waals surface area contributed by atoms with Gasteiger partial charge in [0, 0.05) is 5.27 Å². The summed E-state index contributed by atoms with van der Waals surface area (Å²) < 4.78 is 10.0. The summed E-state index contributed by atoms with van der Waals surface area (Å²) in [6.07, 6.45) is 1.88. The molecule has 0 radical (unpaired) electrons. The zero-order valence-electron chi connectivity index (χ0n) is 9.95. The highest BCUT2D eigenvalue weighted by atomic mass is 16.5. The Hall–Kier alpha value is -2.38. The fraction of sp³-hybridized carbons (Fsp3) is 0.400. The van der Waals surface area contributed by atoms with Crippen molar-refractivity contribution in [3.63, 3.8) is 0 Å². The van der Waals surface area contributed by atoms with Crippen LogP contribution in [0.1, 0.15) is 13.3 Å². The van der Waals surface area contributed by atoms with Crippen molar-refractivity contribution in [1.29, 1.82) is 0 Å². The van der Waals surface area contributed by atoms with Crippen molar-refractivity contribution in [2.24, 2.45) is 4.99 Å². The van der Waals surface area contributed by atoms with Gasteiger partial charge in [0.25, 0.3) is 11.9 Å². The molecule has 1 aromatic heterocycles. The van der Waals surface area contributed by atoms with Gasteiger partial charge in [-0.25, -0.2) is 9.79 Å². The van der Waals surface area contributed by atoms with Gasteiger partial charge in [0.15, 0.2) is 0 Å². The van der Waals surface area contributed by atoms with Gasteiger partial charge in [-0.05, 0) is 6.42 Å². The van der Waals surface area contributed by atoms with Gasteiger partial charge in [-0.15, -0.1) is 5.10 Å². The number of methoxy groups -OCH3 is 1. The van der Waals surface area contributed by atoms with E-state index in [0.717, 1.165) is 0 Å². The normalized spacial score (nSPS) is 15.7. The van der Waals surface area contributed by atoms with Crippen LogP contribution in [0.5, 0.6) is 0 Å². The zero-order chi connectivity index (χ0) is 13.1. The fourth-order valence-electron chi connectivity index (χ4n) is 1.65. The van der Waals surface area contributed by atoms with E-state index in [1.807, 2.05) is 6.92 Å². The van der Waals surface area contributed by atoms with Crippen LogP contribution in [-0.2, 0) is 9.53 Å². The lowest BCUT2D eigenvalue weighted by atomic mass is 10.1. The van der Waals surface area contributed by atoms with Crippen LogP contribution in [-0.4, -0.2) is 41.1 Å². The topological polar surface area (TPSA) is 101 Å². The Bertz CT molecular complexity index is 506. The highest BCUT2D eigenvalue weighted by molar-refractivity contribution is 5.98. The van der Waals surface area contributed by atoms with E-state index in [9.17, 15) is 4.79 Å². The monoisotopic (exact) mass is 252 g/mol. The Morgan fingerprint density at radius 2 is 2.44 bits per heavy atom. The van der Waals surface area contributed by atoms with Crippen LogP contribution >= 0.6 is 0 Å². The molecule has 18 heavy (non-hydrogen) atoms. The molecule has 0 saturated carbocycles. The number of nitrogens with zero attached hydrogens (tertiary/aromatic N) is 4. The summed E-state index contributed by atoms with van der Waals surface area (Å²) in [5.41, 5.74) is 0.692. The quantitative estimate of drug-likeness (QED) is 0.842. The molecular formula is C10H12N4O4. The number of rotatable bonds is 3. The van der Waals surface area contributed by atoms with Gasteiger partial charge in [0.1, 0.15) is 6.20 Å². The van der Waals surface area contributed by atoms with Crippen LogP contribution in [0.4, 0.5) is 5.88 Å². The molecule has 0 saturated heterocycles. The summed E-state index contributed by atoms with van der Waals surface area (Å²) in [6.45, 7) is 1.93. The summed E-state index contributed by atoms with van der Waals surface area (Å²) in [5, 5.41) is 16.0. The van der Waals surface area contributed by atoms with E-state index < -0.39 is 5.97 Å². The van der Waals surface area contributed by atoms with Crippen LogP contribution in [0, 0.1) is 0 Å². The smallest absolute Gasteiger partial charge is 0.335 e. The lowest BCUT2D eigenvalue weighted by molar-refractivity contribution is -0.132. The molecule has 0 amide bonds. The number of hydrogen-bond acceptors (Lipinski definition) is 7. The second-order valence-electron chi connectivity index (χ2n) is 3.52. The van der Waals surface area contributed by atoms with Crippen LogP contribution in [0.15, 0.2) is 27.0 Å². The van der Waals surface area contributed by atoms with E-state index >= 15 is 0 Å². The number of carboxylic acids is 1. The Kier molecular flexibility index (Phi) is 3.26. The van der Waals surface area contributed by atoms with E-state index in [1.54, 1.807) is 0 Å². The summed E-state index contributed by atoms with van der Waals surface area (Å²) >= 11 is 0. The molecule has 96 valence electrons. The van der Waals surface area contributed by atoms with Gasteiger partial charge in [-0.3, -0.25) is 4.90 Å². The second-order valence-corrected chi connectivity index (χ2v) is 3.52. The first-order valence-corrected chi connectivity index (χ1v) is 5.30. The molecule has 0 aromatic carbocycles. The highest BCUT2D eigenvalue weighted by Gasteiger charge is 2.29. The third-order valence-corrected chi connectivity index (χ3v) is 2.52. The average Bonchev–Trinajstić information content (AvgIpc) is 2.90. The molecule has 0 bridgehead atoms. The number of aliphatic imine (C=N–C) groups is 1. The van der Waals surface area contributed by atoms with Crippen LogP contribution < -0.4 is 4.90 Å². The number of allylic oxidation sites excluding steroid dienone is 1. The number of anilines is 1. The maximum Gasteiger partial charge on any atom is 0.335 e. The summed E-state index contributed by atoms with van der Waals surface area (Å²) in [7, 11) is 1.45. The predicted molar refractivity (Wildman–Crippen MR) is 61.0 cm³/mol. The van der Waals surface area contributed by atoms with Gasteiger partial charge in [-0.1, -0.05) is 6.92 Å². The average molecular weight is 252 g/mol. The molecule has 0 unspecified atom stereocenters. The minimum Gasteiger partial charge on any atom is -0.478 e. The molecule has 0 aliphatic carbocycles. The number of aromatic nitrogens is 2. The van der Waals surface area contributed by atoms with Crippen molar-refractivity contribution in [2.45, 2.75) is 13.3 Å². The third kappa shape index (κ3) is 2.04. The van der Waals surface area contributed by atoms with Crippen molar-refractivity contribution < 1.29 is 19.2 Å². The maximum atomic E-state index is 11.2. The van der Waals surface area contributed by atoms with Crippen LogP contribution in [0.2, 0.25) is 0 Å². The van der Waals surface area contributed by atoms with Gasteiger partial charge < -0.3 is 14.4 Å². The molecule has 1 aliphatic rings. The van der Waals surface area contributed by atoms with Crippen molar-refractivity contribution in [3.8, 4) is 0 Å². The van der Waals surface area contributed by atoms with Crippen molar-refractivity contribution in [2.75, 3.05) is 18.6 Å². The summed E-state index contributed by atoms with van der Waals surface area (Å²) in [5.74, 6) is -0.729. The molecule has 1 aromatic rings. The molecule has 1 N–H and O–H groups in total. The Morgan fingerprint density at radius 3 is 2.94 bits per heavy atom. The Morgan fingerprint density at radius 1 is 1.67 bits per heavy atom. The van der Waals surface area contributed by atoms with E-state index in [-0.39, 0.29) is 24.0 Å².